The highest BCUT2D eigenvalue weighted by Gasteiger charge is 1.88. The van der Waals surface area contributed by atoms with Crippen LogP contribution in [0.5, 0.6) is 0 Å². The first-order valence-electron chi connectivity index (χ1n) is 1.28. The summed E-state index contributed by atoms with van der Waals surface area (Å²) in [5, 5.41) is 0. The summed E-state index contributed by atoms with van der Waals surface area (Å²) in [4.78, 5) is 0. The predicted molar refractivity (Wildman–Crippen MR) is 47.4 cm³/mol. The second-order valence-electron chi connectivity index (χ2n) is 0.757. The Labute approximate surface area is 82.1 Å². The molecular formula is Br2Cl2O4S2. The first-order valence-corrected chi connectivity index (χ1v) is 9.59. The van der Waals surface area contributed by atoms with Crippen LogP contribution in [-0.2, 0) is 15.0 Å². The lowest BCUT2D eigenvalue weighted by molar-refractivity contribution is 0.621. The number of hydrogen-bond acceptors (Lipinski definition) is 4. The minimum Gasteiger partial charge on any atom is -0.205 e. The number of halogens is 4. The molecule has 0 N–H and O–H groups in total. The third kappa shape index (κ3) is 324. The molecule has 0 spiro atoms. The van der Waals surface area contributed by atoms with Crippen LogP contribution in [0.15, 0.2) is 0 Å². The van der Waals surface area contributed by atoms with Crippen LogP contribution < -0.4 is 0 Å². The highest BCUT2D eigenvalue weighted by Crippen LogP contribution is 2.06. The third-order valence-corrected chi connectivity index (χ3v) is 0. The van der Waals surface area contributed by atoms with E-state index in [0.717, 1.165) is 0 Å². The molecule has 0 fully saturated rings. The summed E-state index contributed by atoms with van der Waals surface area (Å²) in [6.45, 7) is -3.04. The van der Waals surface area contributed by atoms with Crippen LogP contribution in [0.3, 0.4) is 0 Å². The Bertz CT molecular complexity index is 216. The molecule has 10 heavy (non-hydrogen) atoms. The standard InChI is InChI=1S/Br2O2S.Cl2O2S/c2*1-5(2,3)4. The number of rotatable bonds is 0. The average molecular weight is 359 g/mol. The van der Waals surface area contributed by atoms with Crippen LogP contribution in [-0.4, -0.2) is 16.8 Å². The predicted octanol–water partition coefficient (Wildman–Crippen LogP) is 1.73. The normalized spacial score (nSPS) is 11.6. The third-order valence-electron chi connectivity index (χ3n) is 0. The summed E-state index contributed by atoms with van der Waals surface area (Å²) >= 11 is 4.53. The minimum absolute atomic E-state index is 2.26. The summed E-state index contributed by atoms with van der Waals surface area (Å²) in [6, 6.07) is 0. The lowest BCUT2D eigenvalue weighted by Crippen LogP contribution is -1.63. The monoisotopic (exact) mass is 356 g/mol. The summed E-state index contributed by atoms with van der Waals surface area (Å²) in [7, 11) is 4.81. The van der Waals surface area contributed by atoms with E-state index in [-0.39, 0.29) is 0 Å². The molecule has 0 aliphatic rings. The SMILES string of the molecule is O=S(=O)(Br)Br.O=S(=O)(Cl)Cl. The molecular weight excluding hydrogens is 359 g/mol. The van der Waals surface area contributed by atoms with Crippen molar-refractivity contribution in [1.82, 2.24) is 0 Å². The molecule has 10 heteroatoms. The van der Waals surface area contributed by atoms with Gasteiger partial charge in [0.05, 0.1) is 29.6 Å². The van der Waals surface area contributed by atoms with E-state index in [1.807, 2.05) is 0 Å². The van der Waals surface area contributed by atoms with Crippen molar-refractivity contribution in [2.24, 2.45) is 0 Å². The zero-order valence-corrected chi connectivity index (χ0v) is 10.3. The van der Waals surface area contributed by atoms with Gasteiger partial charge in [0.2, 0.25) is 0 Å². The molecule has 0 saturated carbocycles. The molecule has 0 heterocycles. The Morgan fingerprint density at radius 1 is 0.900 bits per heavy atom. The molecule has 0 saturated heterocycles. The van der Waals surface area contributed by atoms with Gasteiger partial charge in [-0.25, -0.2) is 8.42 Å². The molecule has 0 unspecified atom stereocenters. The average Bonchev–Trinajstić information content (AvgIpc) is 1.12. The second-order valence-corrected chi connectivity index (χ2v) is 12.9. The molecule has 0 aromatic rings. The molecule has 0 radical (unpaired) electrons. The molecule has 0 aliphatic heterocycles. The maximum Gasteiger partial charge on any atom is 0.317 e. The molecule has 0 bridgehead atoms. The van der Waals surface area contributed by atoms with Crippen molar-refractivity contribution in [2.45, 2.75) is 0 Å². The van der Waals surface area contributed by atoms with Crippen molar-refractivity contribution >= 4 is 66.0 Å². The zero-order chi connectivity index (χ0) is 9.00. The molecule has 0 amide bonds. The highest BCUT2D eigenvalue weighted by molar-refractivity contribution is 9.79. The van der Waals surface area contributed by atoms with Gasteiger partial charge in [-0.2, -0.15) is 8.42 Å². The van der Waals surface area contributed by atoms with Crippen molar-refractivity contribution in [3.8, 4) is 0 Å². The van der Waals surface area contributed by atoms with E-state index in [9.17, 15) is 8.42 Å². The summed E-state index contributed by atoms with van der Waals surface area (Å²) in [5.74, 6) is 0. The summed E-state index contributed by atoms with van der Waals surface area (Å²) in [5.41, 5.74) is 0. The maximum absolute atomic E-state index is 9.47. The zero-order valence-electron chi connectivity index (χ0n) is 3.96. The van der Waals surface area contributed by atoms with Gasteiger partial charge in [-0.3, -0.25) is 0 Å². The van der Waals surface area contributed by atoms with Gasteiger partial charge < -0.3 is 0 Å². The lowest BCUT2D eigenvalue weighted by Gasteiger charge is -1.62. The molecule has 0 aliphatic carbocycles. The smallest absolute Gasteiger partial charge is 0.205 e. The molecule has 0 rings (SSSR count). The van der Waals surface area contributed by atoms with Crippen molar-refractivity contribution in [3.63, 3.8) is 0 Å². The largest absolute Gasteiger partial charge is 0.317 e. The van der Waals surface area contributed by atoms with E-state index in [2.05, 4.69) is 51.0 Å². The van der Waals surface area contributed by atoms with E-state index in [4.69, 9.17) is 8.42 Å². The van der Waals surface area contributed by atoms with Gasteiger partial charge in [-0.05, 0) is 0 Å². The Morgan fingerprint density at radius 2 is 0.900 bits per heavy atom. The molecule has 0 aromatic heterocycles. The van der Waals surface area contributed by atoms with Crippen LogP contribution in [0.4, 0.5) is 0 Å². The van der Waals surface area contributed by atoms with Crippen LogP contribution in [0.1, 0.15) is 0 Å². The Balaban J connectivity index is 0. The summed E-state index contributed by atoms with van der Waals surface area (Å²) < 4.78 is 37.3. The Kier molecular flexibility index (Phi) is 7.21. The highest BCUT2D eigenvalue weighted by atomic mass is 79.9. The second kappa shape index (κ2) is 5.15. The maximum atomic E-state index is 9.47. The van der Waals surface area contributed by atoms with Crippen molar-refractivity contribution in [2.75, 3.05) is 0 Å². The first kappa shape index (κ1) is 14.0. The van der Waals surface area contributed by atoms with Crippen LogP contribution in [0.25, 0.3) is 0 Å². The van der Waals surface area contributed by atoms with Crippen LogP contribution >= 0.6 is 51.0 Å². The van der Waals surface area contributed by atoms with E-state index in [1.165, 1.54) is 0 Å². The topological polar surface area (TPSA) is 68.3 Å². The minimum atomic E-state index is -3.72. The van der Waals surface area contributed by atoms with Gasteiger partial charge in [0, 0.05) is 21.4 Å². The Hall–Kier alpha value is 1.44. The van der Waals surface area contributed by atoms with Crippen LogP contribution in [0.2, 0.25) is 0 Å². The lowest BCUT2D eigenvalue weighted by atomic mass is 15.9. The first-order chi connectivity index (χ1) is 4.00. The van der Waals surface area contributed by atoms with Gasteiger partial charge in [0.25, 0.3) is 6.70 Å². The van der Waals surface area contributed by atoms with Crippen LogP contribution in [0, 0.1) is 0 Å². The van der Waals surface area contributed by atoms with Gasteiger partial charge in [0.1, 0.15) is 0 Å². The van der Waals surface area contributed by atoms with Crippen molar-refractivity contribution in [1.29, 1.82) is 0 Å². The van der Waals surface area contributed by atoms with E-state index in [0.29, 0.717) is 0 Å². The fraction of sp³-hybridized carbons (Fsp3) is 0. The number of hydrogen-bond donors (Lipinski definition) is 0. The Morgan fingerprint density at radius 3 is 0.900 bits per heavy atom. The van der Waals surface area contributed by atoms with Gasteiger partial charge in [-0.15, -0.1) is 0 Å². The molecule has 4 nitrogen and oxygen atoms in total. The summed E-state index contributed by atoms with van der Waals surface area (Å²) in [6.07, 6.45) is 0. The van der Waals surface area contributed by atoms with Gasteiger partial charge in [-0.1, -0.05) is 0 Å². The molecule has 0 atom stereocenters. The van der Waals surface area contributed by atoms with E-state index in [1.54, 1.807) is 0 Å². The van der Waals surface area contributed by atoms with Crippen molar-refractivity contribution < 1.29 is 16.8 Å². The molecule has 0 aromatic carbocycles. The fourth-order valence-corrected chi connectivity index (χ4v) is 0. The van der Waals surface area contributed by atoms with E-state index >= 15 is 0 Å². The van der Waals surface area contributed by atoms with Gasteiger partial charge >= 0.3 is 8.26 Å². The quantitative estimate of drug-likeness (QED) is 0.618. The fourth-order valence-electron chi connectivity index (χ4n) is 0. The van der Waals surface area contributed by atoms with Crippen molar-refractivity contribution in [3.05, 3.63) is 0 Å². The van der Waals surface area contributed by atoms with Gasteiger partial charge in [0.15, 0.2) is 0 Å². The van der Waals surface area contributed by atoms with E-state index < -0.39 is 15.0 Å². The molecule has 64 valence electrons.